The van der Waals surface area contributed by atoms with Crippen molar-refractivity contribution in [3.05, 3.63) is 101 Å². The van der Waals surface area contributed by atoms with Crippen molar-refractivity contribution in [2.75, 3.05) is 13.2 Å². The van der Waals surface area contributed by atoms with Crippen LogP contribution in [-0.4, -0.2) is 32.7 Å². The highest BCUT2D eigenvalue weighted by molar-refractivity contribution is 5.88. The van der Waals surface area contributed by atoms with Crippen LogP contribution in [0.2, 0.25) is 0 Å². The van der Waals surface area contributed by atoms with E-state index in [4.69, 9.17) is 14.2 Å². The molecule has 3 aromatic heterocycles. The van der Waals surface area contributed by atoms with Gasteiger partial charge in [0, 0.05) is 43.7 Å². The third kappa shape index (κ3) is 4.66. The highest BCUT2D eigenvalue weighted by atomic mass is 19.1. The zero-order valence-corrected chi connectivity index (χ0v) is 20.6. The summed E-state index contributed by atoms with van der Waals surface area (Å²) in [6.45, 7) is 1.18. The molecule has 9 heteroatoms. The van der Waals surface area contributed by atoms with Crippen molar-refractivity contribution < 1.29 is 18.6 Å². The molecule has 1 aliphatic heterocycles. The average molecular weight is 511 g/mol. The van der Waals surface area contributed by atoms with E-state index in [2.05, 4.69) is 15.0 Å². The van der Waals surface area contributed by atoms with Gasteiger partial charge in [-0.15, -0.1) is 0 Å². The van der Waals surface area contributed by atoms with Crippen molar-refractivity contribution >= 4 is 10.9 Å². The standard InChI is InChI=1S/C29H23FN4O4/c1-34-28(13-18-3-5-19(30)6-4-18)33-17-22(29(34)35)23-8-7-20(16-32-23)38-25-9-10-31-24-15-27-26(14-21(24)25)36-11-2-12-37-27/h3-10,14-17H,2,11-13H2,1H3. The van der Waals surface area contributed by atoms with Crippen LogP contribution in [0.5, 0.6) is 23.0 Å². The van der Waals surface area contributed by atoms with Crippen LogP contribution < -0.4 is 19.8 Å². The zero-order chi connectivity index (χ0) is 26.1. The summed E-state index contributed by atoms with van der Waals surface area (Å²) in [7, 11) is 1.67. The van der Waals surface area contributed by atoms with Crippen molar-refractivity contribution in [1.82, 2.24) is 19.5 Å². The van der Waals surface area contributed by atoms with Crippen molar-refractivity contribution in [2.24, 2.45) is 7.05 Å². The van der Waals surface area contributed by atoms with Gasteiger partial charge in [0.25, 0.3) is 5.56 Å². The highest BCUT2D eigenvalue weighted by Gasteiger charge is 2.16. The first-order chi connectivity index (χ1) is 18.5. The Labute approximate surface area is 217 Å². The number of nitrogens with zero attached hydrogens (tertiary/aromatic N) is 4. The minimum Gasteiger partial charge on any atom is -0.490 e. The van der Waals surface area contributed by atoms with Crippen molar-refractivity contribution in [1.29, 1.82) is 0 Å². The smallest absolute Gasteiger partial charge is 0.262 e. The van der Waals surface area contributed by atoms with Crippen LogP contribution in [0.4, 0.5) is 4.39 Å². The lowest BCUT2D eigenvalue weighted by atomic mass is 10.1. The lowest BCUT2D eigenvalue weighted by Crippen LogP contribution is -2.24. The molecule has 1 aliphatic rings. The fraction of sp³-hybridized carbons (Fsp3) is 0.172. The van der Waals surface area contributed by atoms with Crippen LogP contribution in [0.3, 0.4) is 0 Å². The van der Waals surface area contributed by atoms with E-state index in [1.54, 1.807) is 49.8 Å². The van der Waals surface area contributed by atoms with Crippen molar-refractivity contribution in [2.45, 2.75) is 12.8 Å². The largest absolute Gasteiger partial charge is 0.490 e. The number of rotatable bonds is 5. The Morgan fingerprint density at radius 1 is 0.947 bits per heavy atom. The summed E-state index contributed by atoms with van der Waals surface area (Å²) in [6, 6.07) is 15.1. The monoisotopic (exact) mass is 510 g/mol. The molecule has 4 heterocycles. The SMILES string of the molecule is Cn1c(Cc2ccc(F)cc2)ncc(-c2ccc(Oc3ccnc4cc5c(cc34)OCCCO5)cn2)c1=O. The van der Waals surface area contributed by atoms with E-state index >= 15 is 0 Å². The van der Waals surface area contributed by atoms with Gasteiger partial charge in [-0.25, -0.2) is 9.37 Å². The van der Waals surface area contributed by atoms with Crippen LogP contribution in [-0.2, 0) is 13.5 Å². The van der Waals surface area contributed by atoms with Crippen LogP contribution in [0, 0.1) is 5.82 Å². The quantitative estimate of drug-likeness (QED) is 0.326. The molecule has 0 bridgehead atoms. The first kappa shape index (κ1) is 23.6. The van der Waals surface area contributed by atoms with Crippen LogP contribution >= 0.6 is 0 Å². The Morgan fingerprint density at radius 2 is 1.74 bits per heavy atom. The molecule has 38 heavy (non-hydrogen) atoms. The third-order valence-corrected chi connectivity index (χ3v) is 6.35. The maximum absolute atomic E-state index is 13.2. The van der Waals surface area contributed by atoms with Crippen LogP contribution in [0.25, 0.3) is 22.2 Å². The minimum atomic E-state index is -0.306. The molecule has 0 amide bonds. The molecule has 0 aliphatic carbocycles. The molecule has 8 nitrogen and oxygen atoms in total. The number of halogens is 1. The Bertz CT molecular complexity index is 1690. The van der Waals surface area contributed by atoms with Crippen LogP contribution in [0.1, 0.15) is 17.8 Å². The highest BCUT2D eigenvalue weighted by Crippen LogP contribution is 2.38. The first-order valence-electron chi connectivity index (χ1n) is 12.2. The van der Waals surface area contributed by atoms with Gasteiger partial charge in [-0.05, 0) is 42.0 Å². The lowest BCUT2D eigenvalue weighted by molar-refractivity contribution is 0.297. The molecule has 0 saturated heterocycles. The number of benzene rings is 2. The molecule has 0 fully saturated rings. The maximum Gasteiger partial charge on any atom is 0.262 e. The molecule has 190 valence electrons. The number of hydrogen-bond donors (Lipinski definition) is 0. The molecule has 0 unspecified atom stereocenters. The van der Waals surface area contributed by atoms with Gasteiger partial charge in [-0.2, -0.15) is 0 Å². The minimum absolute atomic E-state index is 0.221. The normalized spacial score (nSPS) is 12.8. The van der Waals surface area contributed by atoms with Gasteiger partial charge >= 0.3 is 0 Å². The molecule has 5 aromatic rings. The summed E-state index contributed by atoms with van der Waals surface area (Å²) < 4.78 is 32.4. The predicted octanol–water partition coefficient (Wildman–Crippen LogP) is 5.07. The van der Waals surface area contributed by atoms with E-state index < -0.39 is 0 Å². The zero-order valence-electron chi connectivity index (χ0n) is 20.6. The molecule has 0 radical (unpaired) electrons. The summed E-state index contributed by atoms with van der Waals surface area (Å²) in [4.78, 5) is 26.4. The summed E-state index contributed by atoms with van der Waals surface area (Å²) in [6.07, 6.45) is 5.99. The Morgan fingerprint density at radius 3 is 2.50 bits per heavy atom. The van der Waals surface area contributed by atoms with Gasteiger partial charge in [0.2, 0.25) is 0 Å². The third-order valence-electron chi connectivity index (χ3n) is 6.35. The van der Waals surface area contributed by atoms with E-state index in [-0.39, 0.29) is 11.4 Å². The molecule has 2 aromatic carbocycles. The van der Waals surface area contributed by atoms with Crippen molar-refractivity contribution in [3.8, 4) is 34.3 Å². The fourth-order valence-corrected chi connectivity index (χ4v) is 4.30. The van der Waals surface area contributed by atoms with Gasteiger partial charge < -0.3 is 14.2 Å². The van der Waals surface area contributed by atoms with Gasteiger partial charge in [0.1, 0.15) is 23.1 Å². The van der Waals surface area contributed by atoms with Gasteiger partial charge in [-0.1, -0.05) is 12.1 Å². The summed E-state index contributed by atoms with van der Waals surface area (Å²) in [5, 5.41) is 0.788. The molecule has 0 atom stereocenters. The molecular formula is C29H23FN4O4. The first-order valence-corrected chi connectivity index (χ1v) is 12.2. The van der Waals surface area contributed by atoms with E-state index in [1.165, 1.54) is 22.9 Å². The van der Waals surface area contributed by atoms with Crippen LogP contribution in [0.15, 0.2) is 78.0 Å². The second kappa shape index (κ2) is 9.93. The second-order valence-corrected chi connectivity index (χ2v) is 8.91. The molecule has 0 spiro atoms. The summed E-state index contributed by atoms with van der Waals surface area (Å²) in [5.74, 6) is 2.70. The second-order valence-electron chi connectivity index (χ2n) is 8.91. The van der Waals surface area contributed by atoms with E-state index in [9.17, 15) is 9.18 Å². The molecule has 0 saturated carbocycles. The number of ether oxygens (including phenoxy) is 3. The topological polar surface area (TPSA) is 88.4 Å². The average Bonchev–Trinajstić information content (AvgIpc) is 3.17. The molecular weight excluding hydrogens is 487 g/mol. The predicted molar refractivity (Wildman–Crippen MR) is 139 cm³/mol. The van der Waals surface area contributed by atoms with E-state index in [0.717, 1.165) is 22.9 Å². The fourth-order valence-electron chi connectivity index (χ4n) is 4.30. The summed E-state index contributed by atoms with van der Waals surface area (Å²) >= 11 is 0. The van der Waals surface area contributed by atoms with E-state index in [0.29, 0.717) is 59.7 Å². The number of fused-ring (bicyclic) bond motifs is 2. The van der Waals surface area contributed by atoms with E-state index in [1.807, 2.05) is 12.1 Å². The van der Waals surface area contributed by atoms with Gasteiger partial charge in [0.05, 0.1) is 36.2 Å². The lowest BCUT2D eigenvalue weighted by Gasteiger charge is -2.12. The van der Waals surface area contributed by atoms with Gasteiger partial charge in [-0.3, -0.25) is 19.3 Å². The Balaban J connectivity index is 1.24. The number of pyridine rings is 2. The Hall–Kier alpha value is -4.79. The number of aromatic nitrogens is 4. The Kier molecular flexibility index (Phi) is 6.17. The molecule has 6 rings (SSSR count). The van der Waals surface area contributed by atoms with Crippen molar-refractivity contribution in [3.63, 3.8) is 0 Å². The van der Waals surface area contributed by atoms with Gasteiger partial charge in [0.15, 0.2) is 11.5 Å². The maximum atomic E-state index is 13.2. The number of hydrogen-bond acceptors (Lipinski definition) is 7. The summed E-state index contributed by atoms with van der Waals surface area (Å²) in [5.41, 5.74) is 2.22. The molecule has 0 N–H and O–H groups in total.